The van der Waals surface area contributed by atoms with Gasteiger partial charge in [-0.25, -0.2) is 0 Å². The molecule has 0 bridgehead atoms. The third-order valence-corrected chi connectivity index (χ3v) is 2.58. The maximum Gasteiger partial charge on any atom is 0.0805 e. The van der Waals surface area contributed by atoms with E-state index in [4.69, 9.17) is 23.1 Å². The fourth-order valence-electron chi connectivity index (χ4n) is 1.61. The topological polar surface area (TPSA) is 52.0 Å². The fraction of sp³-hybridized carbons (Fsp3) is 0.0909. The second kappa shape index (κ2) is 3.58. The molecule has 0 aliphatic rings. The molecule has 0 saturated carbocycles. The van der Waals surface area contributed by atoms with Crippen LogP contribution in [0.5, 0.6) is 0 Å². The number of benzene rings is 2. The predicted octanol–water partition coefficient (Wildman–Crippen LogP) is 2.41. The molecule has 0 spiro atoms. The Morgan fingerprint density at radius 1 is 1.00 bits per heavy atom. The maximum absolute atomic E-state index is 6.04. The van der Waals surface area contributed by atoms with Crippen molar-refractivity contribution in [3.05, 3.63) is 47.0 Å². The van der Waals surface area contributed by atoms with Crippen molar-refractivity contribution >= 4 is 22.4 Å². The first-order chi connectivity index (χ1) is 6.70. The summed E-state index contributed by atoms with van der Waals surface area (Å²) in [5.41, 5.74) is 12.2. The van der Waals surface area contributed by atoms with E-state index in [0.29, 0.717) is 5.02 Å². The van der Waals surface area contributed by atoms with Crippen molar-refractivity contribution in [3.63, 3.8) is 0 Å². The Balaban J connectivity index is 2.83. The predicted molar refractivity (Wildman–Crippen MR) is 60.1 cm³/mol. The highest BCUT2D eigenvalue weighted by Gasteiger charge is 2.09. The van der Waals surface area contributed by atoms with E-state index >= 15 is 0 Å². The van der Waals surface area contributed by atoms with E-state index in [-0.39, 0.29) is 0 Å². The van der Waals surface area contributed by atoms with Crippen LogP contribution in [-0.4, -0.2) is 0 Å². The minimum absolute atomic E-state index is 0.534. The molecule has 0 unspecified atom stereocenters. The van der Waals surface area contributed by atoms with E-state index in [0.717, 1.165) is 16.3 Å². The van der Waals surface area contributed by atoms with Crippen LogP contribution in [0, 0.1) is 0 Å². The molecule has 0 heterocycles. The average Bonchev–Trinajstić information content (AvgIpc) is 2.17. The molecule has 0 atom stereocenters. The Bertz CT molecular complexity index is 466. The average molecular weight is 207 g/mol. The molecule has 0 saturated heterocycles. The maximum atomic E-state index is 6.04. The zero-order chi connectivity index (χ0) is 10.1. The first-order valence-electron chi connectivity index (χ1n) is 4.38. The molecule has 3 heteroatoms. The van der Waals surface area contributed by atoms with Gasteiger partial charge >= 0.3 is 0 Å². The van der Waals surface area contributed by atoms with Gasteiger partial charge in [0.15, 0.2) is 0 Å². The van der Waals surface area contributed by atoms with Crippen LogP contribution in [0.2, 0.25) is 5.02 Å². The van der Waals surface area contributed by atoms with Crippen molar-refractivity contribution in [1.82, 2.24) is 0 Å². The van der Waals surface area contributed by atoms with E-state index in [1.807, 2.05) is 36.4 Å². The molecule has 0 aliphatic heterocycles. The summed E-state index contributed by atoms with van der Waals surface area (Å²) in [4.78, 5) is 0. The van der Waals surface area contributed by atoms with Crippen molar-refractivity contribution in [1.29, 1.82) is 0 Å². The van der Waals surface area contributed by atoms with Gasteiger partial charge in [-0.2, -0.15) is 0 Å². The van der Waals surface area contributed by atoms with Crippen LogP contribution in [0.25, 0.3) is 10.8 Å². The van der Waals surface area contributed by atoms with Crippen LogP contribution >= 0.6 is 11.6 Å². The molecule has 2 rings (SSSR count). The summed E-state index contributed by atoms with van der Waals surface area (Å²) in [5, 5.41) is 2.75. The lowest BCUT2D eigenvalue weighted by molar-refractivity contribution is 0.781. The summed E-state index contributed by atoms with van der Waals surface area (Å²) in [6.45, 7) is 0. The molecule has 2 aromatic rings. The van der Waals surface area contributed by atoms with Gasteiger partial charge < -0.3 is 11.5 Å². The van der Waals surface area contributed by atoms with Gasteiger partial charge in [0.1, 0.15) is 0 Å². The monoisotopic (exact) mass is 206 g/mol. The second-order valence-corrected chi connectivity index (χ2v) is 3.62. The van der Waals surface area contributed by atoms with Crippen molar-refractivity contribution in [2.75, 3.05) is 0 Å². The third kappa shape index (κ3) is 1.48. The summed E-state index contributed by atoms with van der Waals surface area (Å²) in [7, 11) is 0. The van der Waals surface area contributed by atoms with Gasteiger partial charge in [0.25, 0.3) is 0 Å². The zero-order valence-corrected chi connectivity index (χ0v) is 8.33. The number of hydrogen-bond donors (Lipinski definition) is 2. The van der Waals surface area contributed by atoms with Gasteiger partial charge in [0.05, 0.1) is 6.17 Å². The van der Waals surface area contributed by atoms with Gasteiger partial charge in [0, 0.05) is 10.6 Å². The highest BCUT2D eigenvalue weighted by atomic mass is 35.5. The van der Waals surface area contributed by atoms with Crippen LogP contribution in [0.15, 0.2) is 36.4 Å². The zero-order valence-electron chi connectivity index (χ0n) is 7.57. The van der Waals surface area contributed by atoms with E-state index in [2.05, 4.69) is 0 Å². The molecule has 0 radical (unpaired) electrons. The number of rotatable bonds is 1. The van der Waals surface area contributed by atoms with Crippen molar-refractivity contribution in [2.24, 2.45) is 11.5 Å². The first-order valence-corrected chi connectivity index (χ1v) is 4.76. The Morgan fingerprint density at radius 2 is 1.71 bits per heavy atom. The smallest absolute Gasteiger partial charge is 0.0805 e. The molecule has 0 aromatic heterocycles. The summed E-state index contributed by atoms with van der Waals surface area (Å²) in [6.07, 6.45) is -0.534. The largest absolute Gasteiger partial charge is 0.312 e. The van der Waals surface area contributed by atoms with Crippen LogP contribution < -0.4 is 11.5 Å². The van der Waals surface area contributed by atoms with Crippen LogP contribution in [0.3, 0.4) is 0 Å². The highest BCUT2D eigenvalue weighted by molar-refractivity contribution is 6.32. The standard InChI is InChI=1S/C11H11ClN2/c12-9-6-5-7-3-1-2-4-8(7)10(9)11(13)14/h1-6,11H,13-14H2. The minimum atomic E-state index is -0.534. The van der Waals surface area contributed by atoms with E-state index in [1.54, 1.807) is 0 Å². The summed E-state index contributed by atoms with van der Waals surface area (Å²) >= 11 is 6.04. The van der Waals surface area contributed by atoms with E-state index in [9.17, 15) is 0 Å². The minimum Gasteiger partial charge on any atom is -0.312 e. The van der Waals surface area contributed by atoms with E-state index in [1.165, 1.54) is 0 Å². The lowest BCUT2D eigenvalue weighted by Gasteiger charge is -2.11. The lowest BCUT2D eigenvalue weighted by atomic mass is 10.0. The summed E-state index contributed by atoms with van der Waals surface area (Å²) in [5.74, 6) is 0. The van der Waals surface area contributed by atoms with Gasteiger partial charge in [-0.1, -0.05) is 41.9 Å². The molecular formula is C11H11ClN2. The van der Waals surface area contributed by atoms with Gasteiger partial charge in [-0.3, -0.25) is 0 Å². The molecule has 0 amide bonds. The Morgan fingerprint density at radius 3 is 2.43 bits per heavy atom. The molecule has 72 valence electrons. The molecule has 4 N–H and O–H groups in total. The lowest BCUT2D eigenvalue weighted by Crippen LogP contribution is -2.20. The van der Waals surface area contributed by atoms with Crippen LogP contribution in [0.4, 0.5) is 0 Å². The first kappa shape index (κ1) is 9.46. The van der Waals surface area contributed by atoms with Gasteiger partial charge in [-0.05, 0) is 16.8 Å². The SMILES string of the molecule is NC(N)c1c(Cl)ccc2ccccc12. The van der Waals surface area contributed by atoms with Crippen molar-refractivity contribution in [2.45, 2.75) is 6.17 Å². The molecule has 14 heavy (non-hydrogen) atoms. The van der Waals surface area contributed by atoms with Crippen LogP contribution in [-0.2, 0) is 0 Å². The summed E-state index contributed by atoms with van der Waals surface area (Å²) < 4.78 is 0. The van der Waals surface area contributed by atoms with Crippen molar-refractivity contribution < 1.29 is 0 Å². The Labute approximate surface area is 87.5 Å². The van der Waals surface area contributed by atoms with E-state index < -0.39 is 6.17 Å². The fourth-order valence-corrected chi connectivity index (χ4v) is 1.90. The van der Waals surface area contributed by atoms with Gasteiger partial charge in [0.2, 0.25) is 0 Å². The normalized spacial score (nSPS) is 11.1. The number of nitrogens with two attached hydrogens (primary N) is 2. The number of halogens is 1. The van der Waals surface area contributed by atoms with Crippen molar-refractivity contribution in [3.8, 4) is 0 Å². The molecular weight excluding hydrogens is 196 g/mol. The number of hydrogen-bond acceptors (Lipinski definition) is 2. The van der Waals surface area contributed by atoms with Gasteiger partial charge in [-0.15, -0.1) is 0 Å². The molecule has 0 fully saturated rings. The van der Waals surface area contributed by atoms with Crippen LogP contribution in [0.1, 0.15) is 11.7 Å². The molecule has 0 aliphatic carbocycles. The second-order valence-electron chi connectivity index (χ2n) is 3.21. The Kier molecular flexibility index (Phi) is 2.42. The quantitative estimate of drug-likeness (QED) is 0.704. The molecule has 2 nitrogen and oxygen atoms in total. The third-order valence-electron chi connectivity index (χ3n) is 2.25. The summed E-state index contributed by atoms with van der Waals surface area (Å²) in [6, 6.07) is 11.7. The Hall–Kier alpha value is -1.09. The molecule has 2 aromatic carbocycles. The highest BCUT2D eigenvalue weighted by Crippen LogP contribution is 2.28. The number of fused-ring (bicyclic) bond motifs is 1.